The van der Waals surface area contributed by atoms with Crippen LogP contribution in [0.15, 0.2) is 0 Å². The third-order valence-corrected chi connectivity index (χ3v) is 4.01. The molecule has 1 aliphatic heterocycles. The number of carbonyl (C=O) groups is 1. The fraction of sp³-hybridized carbons (Fsp3) is 0.923. The van der Waals surface area contributed by atoms with Gasteiger partial charge in [0, 0.05) is 19.7 Å². The Bertz CT molecular complexity index is 248. The van der Waals surface area contributed by atoms with Gasteiger partial charge in [-0.05, 0) is 38.1 Å². The van der Waals surface area contributed by atoms with Crippen LogP contribution in [0.4, 0.5) is 0 Å². The Kier molecular flexibility index (Phi) is 3.65. The molecule has 2 aliphatic rings. The predicted molar refractivity (Wildman–Crippen MR) is 63.3 cm³/mol. The lowest BCUT2D eigenvalue weighted by molar-refractivity contribution is -0.125. The van der Waals surface area contributed by atoms with Gasteiger partial charge in [0.1, 0.15) is 6.29 Å². The fourth-order valence-corrected chi connectivity index (χ4v) is 2.78. The first kappa shape index (κ1) is 12.1. The van der Waals surface area contributed by atoms with Crippen LogP contribution in [-0.4, -0.2) is 44.5 Å². The van der Waals surface area contributed by atoms with Crippen molar-refractivity contribution in [1.29, 1.82) is 0 Å². The molecule has 1 aliphatic carbocycles. The highest BCUT2D eigenvalue weighted by atomic mass is 16.5. The Labute approximate surface area is 98.1 Å². The summed E-state index contributed by atoms with van der Waals surface area (Å²) in [7, 11) is 2.13. The number of aldehydes is 1. The second-order valence-electron chi connectivity index (χ2n) is 5.81. The van der Waals surface area contributed by atoms with Crippen LogP contribution in [0.3, 0.4) is 0 Å². The number of rotatable bonds is 5. The minimum Gasteiger partial charge on any atom is -0.380 e. The van der Waals surface area contributed by atoms with Crippen molar-refractivity contribution in [3.8, 4) is 0 Å². The van der Waals surface area contributed by atoms with Gasteiger partial charge in [-0.15, -0.1) is 0 Å². The predicted octanol–water partition coefficient (Wildman–Crippen LogP) is 1.57. The van der Waals surface area contributed by atoms with Crippen LogP contribution in [0, 0.1) is 17.3 Å². The van der Waals surface area contributed by atoms with Crippen LogP contribution in [0.2, 0.25) is 0 Å². The van der Waals surface area contributed by atoms with Gasteiger partial charge in [0.2, 0.25) is 0 Å². The molecule has 1 saturated carbocycles. The van der Waals surface area contributed by atoms with Crippen molar-refractivity contribution in [2.75, 3.05) is 33.4 Å². The normalized spacial score (nSPS) is 38.7. The first-order valence-corrected chi connectivity index (χ1v) is 6.38. The molecule has 3 atom stereocenters. The summed E-state index contributed by atoms with van der Waals surface area (Å²) >= 11 is 0. The molecule has 0 aromatic heterocycles. The second-order valence-corrected chi connectivity index (χ2v) is 5.81. The van der Waals surface area contributed by atoms with Crippen molar-refractivity contribution in [3.05, 3.63) is 0 Å². The zero-order chi connectivity index (χ0) is 11.6. The maximum absolute atomic E-state index is 11.3. The van der Waals surface area contributed by atoms with Crippen LogP contribution >= 0.6 is 0 Å². The largest absolute Gasteiger partial charge is 0.380 e. The molecule has 0 N–H and O–H groups in total. The lowest BCUT2D eigenvalue weighted by Crippen LogP contribution is -2.43. The Morgan fingerprint density at radius 2 is 2.31 bits per heavy atom. The second kappa shape index (κ2) is 4.84. The summed E-state index contributed by atoms with van der Waals surface area (Å²) in [4.78, 5) is 13.6. The SMILES string of the molecule is CC1CC1CN(C)CC1(C=O)CCCOC1. The molecule has 2 fully saturated rings. The topological polar surface area (TPSA) is 29.5 Å². The van der Waals surface area contributed by atoms with E-state index in [1.165, 1.54) is 6.42 Å². The third-order valence-electron chi connectivity index (χ3n) is 4.01. The molecule has 0 aromatic carbocycles. The highest BCUT2D eigenvalue weighted by Crippen LogP contribution is 2.38. The van der Waals surface area contributed by atoms with Crippen molar-refractivity contribution in [2.24, 2.45) is 17.3 Å². The van der Waals surface area contributed by atoms with E-state index >= 15 is 0 Å². The van der Waals surface area contributed by atoms with Crippen molar-refractivity contribution >= 4 is 6.29 Å². The quantitative estimate of drug-likeness (QED) is 0.665. The van der Waals surface area contributed by atoms with E-state index in [1.807, 2.05) is 0 Å². The van der Waals surface area contributed by atoms with Gasteiger partial charge in [0.05, 0.1) is 12.0 Å². The van der Waals surface area contributed by atoms with E-state index in [1.54, 1.807) is 0 Å². The van der Waals surface area contributed by atoms with Crippen LogP contribution in [0.1, 0.15) is 26.2 Å². The number of carbonyl (C=O) groups excluding carboxylic acids is 1. The number of ether oxygens (including phenoxy) is 1. The van der Waals surface area contributed by atoms with Gasteiger partial charge < -0.3 is 14.4 Å². The highest BCUT2D eigenvalue weighted by molar-refractivity contribution is 5.60. The van der Waals surface area contributed by atoms with Crippen molar-refractivity contribution in [3.63, 3.8) is 0 Å². The van der Waals surface area contributed by atoms with Gasteiger partial charge in [-0.2, -0.15) is 0 Å². The molecular weight excluding hydrogens is 202 g/mol. The van der Waals surface area contributed by atoms with Crippen LogP contribution in [0.5, 0.6) is 0 Å². The van der Waals surface area contributed by atoms with E-state index in [0.29, 0.717) is 6.61 Å². The Hall–Kier alpha value is -0.410. The Balaban J connectivity index is 1.82. The summed E-state index contributed by atoms with van der Waals surface area (Å²) in [5.41, 5.74) is -0.231. The highest BCUT2D eigenvalue weighted by Gasteiger charge is 2.37. The first-order valence-electron chi connectivity index (χ1n) is 6.38. The number of nitrogens with zero attached hydrogens (tertiary/aromatic N) is 1. The smallest absolute Gasteiger partial charge is 0.129 e. The van der Waals surface area contributed by atoms with Gasteiger partial charge in [-0.1, -0.05) is 6.92 Å². The Morgan fingerprint density at radius 1 is 1.56 bits per heavy atom. The molecule has 0 aromatic rings. The maximum atomic E-state index is 11.3. The van der Waals surface area contributed by atoms with Crippen LogP contribution in [0.25, 0.3) is 0 Å². The minimum absolute atomic E-state index is 0.231. The molecule has 1 saturated heterocycles. The fourth-order valence-electron chi connectivity index (χ4n) is 2.78. The summed E-state index contributed by atoms with van der Waals surface area (Å²) in [5, 5.41) is 0. The van der Waals surface area contributed by atoms with Gasteiger partial charge in [0.15, 0.2) is 0 Å². The first-order chi connectivity index (χ1) is 7.65. The molecule has 0 amide bonds. The molecule has 3 heteroatoms. The van der Waals surface area contributed by atoms with Gasteiger partial charge in [-0.25, -0.2) is 0 Å². The van der Waals surface area contributed by atoms with Crippen molar-refractivity contribution in [1.82, 2.24) is 4.90 Å². The summed E-state index contributed by atoms with van der Waals surface area (Å²) in [6, 6.07) is 0. The molecular formula is C13H23NO2. The summed E-state index contributed by atoms with van der Waals surface area (Å²) in [5.74, 6) is 1.75. The molecule has 1 heterocycles. The zero-order valence-electron chi connectivity index (χ0n) is 10.4. The average Bonchev–Trinajstić information content (AvgIpc) is 2.95. The number of hydrogen-bond donors (Lipinski definition) is 0. The molecule has 92 valence electrons. The standard InChI is InChI=1S/C13H23NO2/c1-11-6-12(11)7-14(2)8-13(9-15)4-3-5-16-10-13/h9,11-12H,3-8,10H2,1-2H3. The van der Waals surface area contributed by atoms with E-state index in [0.717, 1.165) is 50.7 Å². The van der Waals surface area contributed by atoms with E-state index < -0.39 is 0 Å². The summed E-state index contributed by atoms with van der Waals surface area (Å²) in [6.45, 7) is 5.73. The van der Waals surface area contributed by atoms with Gasteiger partial charge in [0.25, 0.3) is 0 Å². The minimum atomic E-state index is -0.231. The van der Waals surface area contributed by atoms with E-state index in [2.05, 4.69) is 18.9 Å². The molecule has 16 heavy (non-hydrogen) atoms. The molecule has 3 unspecified atom stereocenters. The summed E-state index contributed by atoms with van der Waals surface area (Å²) < 4.78 is 5.46. The molecule has 0 spiro atoms. The van der Waals surface area contributed by atoms with Crippen LogP contribution < -0.4 is 0 Å². The zero-order valence-corrected chi connectivity index (χ0v) is 10.4. The molecule has 0 bridgehead atoms. The Morgan fingerprint density at radius 3 is 2.81 bits per heavy atom. The van der Waals surface area contributed by atoms with E-state index in [4.69, 9.17) is 4.74 Å². The van der Waals surface area contributed by atoms with Gasteiger partial charge in [-0.3, -0.25) is 0 Å². The van der Waals surface area contributed by atoms with Crippen molar-refractivity contribution < 1.29 is 9.53 Å². The average molecular weight is 225 g/mol. The maximum Gasteiger partial charge on any atom is 0.129 e. The third kappa shape index (κ3) is 2.83. The monoisotopic (exact) mass is 225 g/mol. The summed E-state index contributed by atoms with van der Waals surface area (Å²) in [6.07, 6.45) is 4.49. The lowest BCUT2D eigenvalue weighted by atomic mass is 9.83. The van der Waals surface area contributed by atoms with E-state index in [9.17, 15) is 4.79 Å². The van der Waals surface area contributed by atoms with Gasteiger partial charge >= 0.3 is 0 Å². The van der Waals surface area contributed by atoms with E-state index in [-0.39, 0.29) is 5.41 Å². The van der Waals surface area contributed by atoms with Crippen LogP contribution in [-0.2, 0) is 9.53 Å². The number of hydrogen-bond acceptors (Lipinski definition) is 3. The van der Waals surface area contributed by atoms with Crippen molar-refractivity contribution in [2.45, 2.75) is 26.2 Å². The lowest BCUT2D eigenvalue weighted by Gasteiger charge is -2.35. The molecule has 3 nitrogen and oxygen atoms in total. The molecule has 0 radical (unpaired) electrons. The molecule has 2 rings (SSSR count).